The SMILES string of the molecule is c1ccc(C(Cc2cccc(C3(c4ccccc4)c4ccccc4-c4ccccc43)c2)c2ccc3sc4c(N(c5ccccc5)c5ccccc5)cccc4c3c2)cc1. The molecule has 0 amide bonds. The average molecular weight is 772 g/mol. The van der Waals surface area contributed by atoms with Gasteiger partial charge >= 0.3 is 0 Å². The van der Waals surface area contributed by atoms with Crippen LogP contribution < -0.4 is 4.90 Å². The Balaban J connectivity index is 1.04. The summed E-state index contributed by atoms with van der Waals surface area (Å²) in [6.45, 7) is 0. The number of para-hydroxylation sites is 2. The first kappa shape index (κ1) is 35.2. The molecule has 0 radical (unpaired) electrons. The van der Waals surface area contributed by atoms with E-state index in [-0.39, 0.29) is 5.92 Å². The van der Waals surface area contributed by atoms with Gasteiger partial charge in [-0.25, -0.2) is 0 Å². The second-order valence-electron chi connectivity index (χ2n) is 15.6. The molecule has 10 aromatic rings. The first-order valence-electron chi connectivity index (χ1n) is 20.5. The maximum atomic E-state index is 2.49. The van der Waals surface area contributed by atoms with Crippen LogP contribution in [-0.2, 0) is 11.8 Å². The van der Waals surface area contributed by atoms with Crippen LogP contribution in [0.15, 0.2) is 231 Å². The van der Waals surface area contributed by atoms with E-state index in [1.807, 2.05) is 11.3 Å². The summed E-state index contributed by atoms with van der Waals surface area (Å²) in [6, 6.07) is 85.1. The Morgan fingerprint density at radius 1 is 0.424 bits per heavy atom. The van der Waals surface area contributed by atoms with Gasteiger partial charge in [0.2, 0.25) is 0 Å². The van der Waals surface area contributed by atoms with Crippen molar-refractivity contribution in [2.45, 2.75) is 17.8 Å². The largest absolute Gasteiger partial charge is 0.309 e. The average Bonchev–Trinajstić information content (AvgIpc) is 3.84. The van der Waals surface area contributed by atoms with Crippen LogP contribution in [0.25, 0.3) is 31.3 Å². The number of hydrogen-bond acceptors (Lipinski definition) is 2. The van der Waals surface area contributed by atoms with Gasteiger partial charge in [0.05, 0.1) is 15.8 Å². The standard InChI is InChI=1S/C57H41NS/c1-5-20-41(21-6-1)50(38-40-19-17-24-44(37-40)57(43-22-7-2-8-23-43)52-32-15-13-29-47(52)48-30-14-16-33-53(48)57)42-35-36-55-51(39-42)49-31-18-34-54(56(49)59-55)58(45-25-9-3-10-26-45)46-27-11-4-12-28-46/h1-37,39,50H,38H2. The smallest absolute Gasteiger partial charge is 0.0713 e. The molecule has 0 fully saturated rings. The zero-order chi connectivity index (χ0) is 39.2. The topological polar surface area (TPSA) is 3.24 Å². The van der Waals surface area contributed by atoms with Gasteiger partial charge in [-0.2, -0.15) is 0 Å². The van der Waals surface area contributed by atoms with E-state index in [1.54, 1.807) is 0 Å². The zero-order valence-electron chi connectivity index (χ0n) is 32.6. The highest BCUT2D eigenvalue weighted by molar-refractivity contribution is 7.26. The maximum absolute atomic E-state index is 2.49. The normalized spacial score (nSPS) is 13.2. The van der Waals surface area contributed by atoms with Crippen LogP contribution >= 0.6 is 11.3 Å². The summed E-state index contributed by atoms with van der Waals surface area (Å²) in [5.74, 6) is 0.162. The molecule has 280 valence electrons. The van der Waals surface area contributed by atoms with Crippen molar-refractivity contribution in [1.29, 1.82) is 0 Å². The van der Waals surface area contributed by atoms with Crippen LogP contribution in [0.5, 0.6) is 0 Å². The molecular weight excluding hydrogens is 731 g/mol. The second-order valence-corrected chi connectivity index (χ2v) is 16.6. The number of anilines is 3. The third-order valence-electron chi connectivity index (χ3n) is 12.3. The number of benzene rings is 9. The molecule has 11 rings (SSSR count). The molecule has 1 unspecified atom stereocenters. The third-order valence-corrected chi connectivity index (χ3v) is 13.5. The lowest BCUT2D eigenvalue weighted by Crippen LogP contribution is -2.28. The molecule has 1 atom stereocenters. The molecule has 1 aliphatic rings. The Morgan fingerprint density at radius 3 is 1.64 bits per heavy atom. The predicted molar refractivity (Wildman–Crippen MR) is 250 cm³/mol. The highest BCUT2D eigenvalue weighted by atomic mass is 32.1. The number of rotatable bonds is 9. The van der Waals surface area contributed by atoms with Crippen molar-refractivity contribution in [2.24, 2.45) is 0 Å². The van der Waals surface area contributed by atoms with Crippen molar-refractivity contribution in [3.05, 3.63) is 269 Å². The van der Waals surface area contributed by atoms with Gasteiger partial charge in [0.1, 0.15) is 0 Å². The lowest BCUT2D eigenvalue weighted by molar-refractivity contribution is 0.758. The van der Waals surface area contributed by atoms with Gasteiger partial charge in [-0.15, -0.1) is 11.3 Å². The van der Waals surface area contributed by atoms with Gasteiger partial charge in [0.25, 0.3) is 0 Å². The summed E-state index contributed by atoms with van der Waals surface area (Å²) in [5, 5.41) is 2.60. The Hall–Kier alpha value is -7.00. The van der Waals surface area contributed by atoms with Crippen LogP contribution in [0.1, 0.15) is 44.9 Å². The molecule has 0 N–H and O–H groups in total. The Labute approximate surface area is 350 Å². The lowest BCUT2D eigenvalue weighted by Gasteiger charge is -2.34. The fourth-order valence-corrected chi connectivity index (χ4v) is 11.0. The van der Waals surface area contributed by atoms with Crippen molar-refractivity contribution < 1.29 is 0 Å². The number of fused-ring (bicyclic) bond motifs is 6. The summed E-state index contributed by atoms with van der Waals surface area (Å²) in [6.07, 6.45) is 0.876. The van der Waals surface area contributed by atoms with Crippen LogP contribution in [0.4, 0.5) is 17.1 Å². The summed E-state index contributed by atoms with van der Waals surface area (Å²) in [4.78, 5) is 2.39. The number of hydrogen-bond donors (Lipinski definition) is 0. The minimum atomic E-state index is -0.424. The quantitative estimate of drug-likeness (QED) is 0.141. The molecule has 0 saturated carbocycles. The van der Waals surface area contributed by atoms with Gasteiger partial charge in [-0.05, 0) is 99.0 Å². The fraction of sp³-hybridized carbons (Fsp3) is 0.0526. The molecule has 59 heavy (non-hydrogen) atoms. The van der Waals surface area contributed by atoms with E-state index in [0.717, 1.165) is 17.8 Å². The molecule has 0 spiro atoms. The fourth-order valence-electron chi connectivity index (χ4n) is 9.77. The van der Waals surface area contributed by atoms with Crippen LogP contribution in [0.2, 0.25) is 0 Å². The van der Waals surface area contributed by atoms with Crippen molar-refractivity contribution in [3.8, 4) is 11.1 Å². The lowest BCUT2D eigenvalue weighted by atomic mass is 9.67. The maximum Gasteiger partial charge on any atom is 0.0713 e. The van der Waals surface area contributed by atoms with Crippen LogP contribution in [0.3, 0.4) is 0 Å². The highest BCUT2D eigenvalue weighted by Gasteiger charge is 2.45. The Kier molecular flexibility index (Phi) is 8.79. The molecule has 1 nitrogen and oxygen atoms in total. The van der Waals surface area contributed by atoms with E-state index in [4.69, 9.17) is 0 Å². The summed E-state index contributed by atoms with van der Waals surface area (Å²) < 4.78 is 2.59. The number of thiophene rings is 1. The first-order chi connectivity index (χ1) is 29.3. The first-order valence-corrected chi connectivity index (χ1v) is 21.3. The summed E-state index contributed by atoms with van der Waals surface area (Å²) in [7, 11) is 0. The molecular formula is C57H41NS. The molecule has 0 bridgehead atoms. The van der Waals surface area contributed by atoms with Gasteiger partial charge in [-0.1, -0.05) is 188 Å². The van der Waals surface area contributed by atoms with Crippen molar-refractivity contribution in [1.82, 2.24) is 0 Å². The second kappa shape index (κ2) is 14.7. The molecule has 1 aliphatic carbocycles. The van der Waals surface area contributed by atoms with Gasteiger partial charge < -0.3 is 4.90 Å². The van der Waals surface area contributed by atoms with Gasteiger partial charge in [-0.3, -0.25) is 0 Å². The molecule has 2 heteroatoms. The van der Waals surface area contributed by atoms with E-state index in [2.05, 4.69) is 235 Å². The highest BCUT2D eigenvalue weighted by Crippen LogP contribution is 2.56. The molecule has 0 saturated heterocycles. The minimum Gasteiger partial charge on any atom is -0.309 e. The van der Waals surface area contributed by atoms with Crippen molar-refractivity contribution >= 4 is 48.6 Å². The van der Waals surface area contributed by atoms with E-state index >= 15 is 0 Å². The van der Waals surface area contributed by atoms with Gasteiger partial charge in [0.15, 0.2) is 0 Å². The molecule has 1 aromatic heterocycles. The van der Waals surface area contributed by atoms with E-state index < -0.39 is 5.41 Å². The Morgan fingerprint density at radius 2 is 0.983 bits per heavy atom. The number of nitrogens with zero attached hydrogens (tertiary/aromatic N) is 1. The Bertz CT molecular complexity index is 2990. The zero-order valence-corrected chi connectivity index (χ0v) is 33.4. The minimum absolute atomic E-state index is 0.162. The van der Waals surface area contributed by atoms with E-state index in [1.165, 1.54) is 75.9 Å². The predicted octanol–water partition coefficient (Wildman–Crippen LogP) is 15.3. The monoisotopic (exact) mass is 771 g/mol. The summed E-state index contributed by atoms with van der Waals surface area (Å²) >= 11 is 1.89. The van der Waals surface area contributed by atoms with Gasteiger partial charge in [0, 0.05) is 32.8 Å². The summed E-state index contributed by atoms with van der Waals surface area (Å²) in [5.41, 5.74) is 15.0. The van der Waals surface area contributed by atoms with Crippen molar-refractivity contribution in [2.75, 3.05) is 4.90 Å². The molecule has 0 aliphatic heterocycles. The van der Waals surface area contributed by atoms with Crippen LogP contribution in [-0.4, -0.2) is 0 Å². The van der Waals surface area contributed by atoms with E-state index in [0.29, 0.717) is 0 Å². The third kappa shape index (κ3) is 5.91. The van der Waals surface area contributed by atoms with Crippen LogP contribution in [0, 0.1) is 0 Å². The molecule has 9 aromatic carbocycles. The molecule has 1 heterocycles. The van der Waals surface area contributed by atoms with E-state index in [9.17, 15) is 0 Å². The van der Waals surface area contributed by atoms with Crippen molar-refractivity contribution in [3.63, 3.8) is 0 Å².